The summed E-state index contributed by atoms with van der Waals surface area (Å²) in [5.74, 6) is -0.847. The molecule has 3 rings (SSSR count). The molecule has 2 aromatic carbocycles. The quantitative estimate of drug-likeness (QED) is 0.606. The second kappa shape index (κ2) is 8.03. The molecule has 2 aromatic rings. The number of nitrogens with one attached hydrogen (secondary N) is 1. The lowest BCUT2D eigenvalue weighted by atomic mass is 10.1. The van der Waals surface area contributed by atoms with E-state index in [1.807, 2.05) is 24.3 Å². The largest absolute Gasteiger partial charge is 0.285 e. The summed E-state index contributed by atoms with van der Waals surface area (Å²) in [5, 5.41) is 1.39. The van der Waals surface area contributed by atoms with Gasteiger partial charge in [-0.1, -0.05) is 66.7 Å². The van der Waals surface area contributed by atoms with Gasteiger partial charge in [-0.2, -0.15) is 5.01 Å². The Balaban J connectivity index is 1.77. The molecule has 0 radical (unpaired) electrons. The summed E-state index contributed by atoms with van der Waals surface area (Å²) in [4.78, 5) is 25.4. The van der Waals surface area contributed by atoms with Crippen molar-refractivity contribution in [3.63, 3.8) is 0 Å². The van der Waals surface area contributed by atoms with Crippen molar-refractivity contribution in [2.24, 2.45) is 0 Å². The lowest BCUT2D eigenvalue weighted by molar-refractivity contribution is -0.123. The smallest absolute Gasteiger partial charge is 0.267 e. The van der Waals surface area contributed by atoms with E-state index >= 15 is 0 Å². The summed E-state index contributed by atoms with van der Waals surface area (Å²) >= 11 is 12.4. The molecule has 0 saturated carbocycles. The number of carbonyl (C=O) groups excluding carboxylic acids is 2. The number of hydrogen-bond donors (Lipinski definition) is 1. The molecule has 26 heavy (non-hydrogen) atoms. The Hall–Kier alpha value is -2.15. The van der Waals surface area contributed by atoms with Crippen molar-refractivity contribution in [2.45, 2.75) is 13.3 Å². The predicted molar refractivity (Wildman–Crippen MR) is 110 cm³/mol. The van der Waals surface area contributed by atoms with E-state index in [0.29, 0.717) is 9.93 Å². The van der Waals surface area contributed by atoms with Gasteiger partial charge in [0.05, 0.1) is 15.5 Å². The first kappa shape index (κ1) is 18.6. The minimum absolute atomic E-state index is 0.270. The van der Waals surface area contributed by atoms with Gasteiger partial charge in [0.25, 0.3) is 11.8 Å². The third-order valence-electron chi connectivity index (χ3n) is 3.81. The van der Waals surface area contributed by atoms with Crippen molar-refractivity contribution < 1.29 is 9.59 Å². The van der Waals surface area contributed by atoms with Crippen LogP contribution in [0, 0.1) is 0 Å². The highest BCUT2D eigenvalue weighted by molar-refractivity contribution is 8.26. The maximum atomic E-state index is 12.6. The zero-order valence-electron chi connectivity index (χ0n) is 13.9. The van der Waals surface area contributed by atoms with Crippen LogP contribution in [0.4, 0.5) is 0 Å². The van der Waals surface area contributed by atoms with E-state index < -0.39 is 5.91 Å². The molecule has 0 atom stereocenters. The number of hydrogen-bond acceptors (Lipinski definition) is 4. The van der Waals surface area contributed by atoms with Crippen LogP contribution < -0.4 is 5.43 Å². The fourth-order valence-corrected chi connectivity index (χ4v) is 3.77. The first-order valence-electron chi connectivity index (χ1n) is 7.92. The van der Waals surface area contributed by atoms with Crippen LogP contribution in [0.1, 0.15) is 28.4 Å². The maximum Gasteiger partial charge on any atom is 0.285 e. The third-order valence-corrected chi connectivity index (χ3v) is 5.44. The summed E-state index contributed by atoms with van der Waals surface area (Å²) in [7, 11) is 0. The van der Waals surface area contributed by atoms with Crippen molar-refractivity contribution in [3.8, 4) is 0 Å². The summed E-state index contributed by atoms with van der Waals surface area (Å²) in [6, 6.07) is 14.6. The van der Waals surface area contributed by atoms with E-state index in [4.69, 9.17) is 23.8 Å². The number of thiocarbonyl (C=S) groups is 1. The second-order valence-corrected chi connectivity index (χ2v) is 7.62. The van der Waals surface area contributed by atoms with Crippen molar-refractivity contribution in [1.82, 2.24) is 10.4 Å². The molecule has 1 aliphatic rings. The van der Waals surface area contributed by atoms with Crippen LogP contribution in [0.3, 0.4) is 0 Å². The van der Waals surface area contributed by atoms with Crippen LogP contribution in [-0.4, -0.2) is 21.1 Å². The normalized spacial score (nSPS) is 15.6. The fraction of sp³-hybridized carbons (Fsp3) is 0.105. The molecule has 0 bridgehead atoms. The van der Waals surface area contributed by atoms with E-state index in [1.165, 1.54) is 5.56 Å². The Kier molecular flexibility index (Phi) is 5.76. The van der Waals surface area contributed by atoms with Gasteiger partial charge < -0.3 is 0 Å². The summed E-state index contributed by atoms with van der Waals surface area (Å²) in [5.41, 5.74) is 4.93. The average Bonchev–Trinajstić information content (AvgIpc) is 2.90. The zero-order valence-corrected chi connectivity index (χ0v) is 16.3. The maximum absolute atomic E-state index is 12.6. The van der Waals surface area contributed by atoms with Crippen molar-refractivity contribution in [1.29, 1.82) is 0 Å². The molecule has 4 nitrogen and oxygen atoms in total. The number of rotatable bonds is 4. The highest BCUT2D eigenvalue weighted by Crippen LogP contribution is 2.31. The Bertz CT molecular complexity index is 910. The van der Waals surface area contributed by atoms with E-state index in [2.05, 4.69) is 12.3 Å². The van der Waals surface area contributed by atoms with E-state index in [9.17, 15) is 9.59 Å². The number of carbonyl (C=O) groups is 2. The molecule has 1 aliphatic heterocycles. The Labute approximate surface area is 166 Å². The highest BCUT2D eigenvalue weighted by atomic mass is 35.5. The van der Waals surface area contributed by atoms with Crippen molar-refractivity contribution >= 4 is 57.8 Å². The van der Waals surface area contributed by atoms with E-state index in [1.54, 1.807) is 30.3 Å². The molecule has 1 heterocycles. The van der Waals surface area contributed by atoms with Gasteiger partial charge in [-0.15, -0.1) is 0 Å². The van der Waals surface area contributed by atoms with Gasteiger partial charge in [0.2, 0.25) is 0 Å². The zero-order chi connectivity index (χ0) is 18.7. The highest BCUT2D eigenvalue weighted by Gasteiger charge is 2.34. The molecule has 1 fully saturated rings. The SMILES string of the molecule is CCc1ccc(/C=C2/SC(=S)N(NC(=O)c3ccccc3Cl)C2=O)cc1. The molecule has 0 unspecified atom stereocenters. The molecular weight excluding hydrogens is 388 g/mol. The number of thioether (sulfide) groups is 1. The summed E-state index contributed by atoms with van der Waals surface area (Å²) < 4.78 is 0.270. The van der Waals surface area contributed by atoms with Crippen LogP contribution in [-0.2, 0) is 11.2 Å². The van der Waals surface area contributed by atoms with Crippen LogP contribution in [0.5, 0.6) is 0 Å². The predicted octanol–water partition coefficient (Wildman–Crippen LogP) is 4.45. The number of amides is 2. The van der Waals surface area contributed by atoms with Crippen LogP contribution in [0.25, 0.3) is 6.08 Å². The van der Waals surface area contributed by atoms with Crippen molar-refractivity contribution in [3.05, 3.63) is 75.1 Å². The van der Waals surface area contributed by atoms with Crippen molar-refractivity contribution in [2.75, 3.05) is 0 Å². The van der Waals surface area contributed by atoms with Gasteiger partial charge in [0, 0.05) is 0 Å². The van der Waals surface area contributed by atoms with E-state index in [0.717, 1.165) is 28.8 Å². The first-order valence-corrected chi connectivity index (χ1v) is 9.52. The number of aryl methyl sites for hydroxylation is 1. The van der Waals surface area contributed by atoms with Gasteiger partial charge in [0.15, 0.2) is 4.32 Å². The summed E-state index contributed by atoms with van der Waals surface area (Å²) in [6.07, 6.45) is 2.72. The Morgan fingerprint density at radius 2 is 1.92 bits per heavy atom. The summed E-state index contributed by atoms with van der Waals surface area (Å²) in [6.45, 7) is 2.09. The number of benzene rings is 2. The minimum atomic E-state index is -0.486. The molecule has 1 saturated heterocycles. The lowest BCUT2D eigenvalue weighted by Gasteiger charge is -2.16. The third kappa shape index (κ3) is 3.98. The molecule has 0 aromatic heterocycles. The fourth-order valence-electron chi connectivity index (χ4n) is 2.37. The Morgan fingerprint density at radius 3 is 2.58 bits per heavy atom. The van der Waals surface area contributed by atoms with Gasteiger partial charge in [-0.3, -0.25) is 15.0 Å². The first-order chi connectivity index (χ1) is 12.5. The minimum Gasteiger partial charge on any atom is -0.267 e. The number of halogens is 1. The number of nitrogens with zero attached hydrogens (tertiary/aromatic N) is 1. The lowest BCUT2D eigenvalue weighted by Crippen LogP contribution is -2.44. The molecule has 0 aliphatic carbocycles. The monoisotopic (exact) mass is 402 g/mol. The number of hydrazine groups is 1. The standard InChI is InChI=1S/C19H15ClN2O2S2/c1-2-12-7-9-13(10-8-12)11-16-18(24)22(19(25)26-16)21-17(23)14-5-3-4-6-15(14)20/h3-11H,2H2,1H3,(H,21,23)/b16-11+. The van der Waals surface area contributed by atoms with Crippen LogP contribution >= 0.6 is 35.6 Å². The van der Waals surface area contributed by atoms with Gasteiger partial charge in [0.1, 0.15) is 0 Å². The van der Waals surface area contributed by atoms with E-state index in [-0.39, 0.29) is 15.8 Å². The van der Waals surface area contributed by atoms with Gasteiger partial charge >= 0.3 is 0 Å². The Morgan fingerprint density at radius 1 is 1.23 bits per heavy atom. The molecule has 1 N–H and O–H groups in total. The van der Waals surface area contributed by atoms with Crippen LogP contribution in [0.2, 0.25) is 5.02 Å². The van der Waals surface area contributed by atoms with Gasteiger partial charge in [-0.05, 0) is 48.0 Å². The molecule has 2 amide bonds. The topological polar surface area (TPSA) is 49.4 Å². The molecule has 7 heteroatoms. The second-order valence-electron chi connectivity index (χ2n) is 5.53. The molecular formula is C19H15ClN2O2S2. The average molecular weight is 403 g/mol. The molecule has 132 valence electrons. The van der Waals surface area contributed by atoms with Gasteiger partial charge in [-0.25, -0.2) is 0 Å². The molecule has 0 spiro atoms. The van der Waals surface area contributed by atoms with Crippen LogP contribution in [0.15, 0.2) is 53.4 Å².